The standard InChI is InChI=1S/C22H19N5O3/c1-13-2-5-16(6-3-13)27-12-18(24-25-27)14-4-7-17-15(10-14)11-26(22(17)30)19-8-9-20(28)23-21(19)29/h2-7,10,12,19H,8-9,11H2,1H3,(H,23,28,29). The van der Waals surface area contributed by atoms with Gasteiger partial charge in [-0.15, -0.1) is 5.10 Å². The van der Waals surface area contributed by atoms with E-state index in [0.717, 1.165) is 16.8 Å². The van der Waals surface area contributed by atoms with Gasteiger partial charge < -0.3 is 4.90 Å². The van der Waals surface area contributed by atoms with Crippen LogP contribution in [0.15, 0.2) is 48.7 Å². The molecule has 8 heteroatoms. The van der Waals surface area contributed by atoms with Crippen molar-refractivity contribution in [2.24, 2.45) is 0 Å². The quantitative estimate of drug-likeness (QED) is 0.677. The minimum absolute atomic E-state index is 0.186. The van der Waals surface area contributed by atoms with Gasteiger partial charge in [0.25, 0.3) is 5.91 Å². The minimum atomic E-state index is -0.617. The van der Waals surface area contributed by atoms with Crippen molar-refractivity contribution in [3.63, 3.8) is 0 Å². The summed E-state index contributed by atoms with van der Waals surface area (Å²) in [6.45, 7) is 2.36. The Hall–Kier alpha value is -3.81. The molecule has 1 aromatic heterocycles. The second-order valence-electron chi connectivity index (χ2n) is 7.66. The average Bonchev–Trinajstić information content (AvgIpc) is 3.34. The normalized spacial score (nSPS) is 18.5. The van der Waals surface area contributed by atoms with Crippen LogP contribution in [-0.2, 0) is 16.1 Å². The smallest absolute Gasteiger partial charge is 0.255 e. The third-order valence-corrected chi connectivity index (χ3v) is 5.61. The number of amides is 3. The Balaban J connectivity index is 1.40. The van der Waals surface area contributed by atoms with E-state index in [4.69, 9.17) is 0 Å². The molecule has 1 saturated heterocycles. The maximum absolute atomic E-state index is 12.8. The molecule has 1 atom stereocenters. The molecule has 3 amide bonds. The van der Waals surface area contributed by atoms with Crippen molar-refractivity contribution in [1.82, 2.24) is 25.2 Å². The third kappa shape index (κ3) is 3.06. The first kappa shape index (κ1) is 18.2. The van der Waals surface area contributed by atoms with Gasteiger partial charge in [-0.25, -0.2) is 4.68 Å². The van der Waals surface area contributed by atoms with Crippen LogP contribution in [0.2, 0.25) is 0 Å². The van der Waals surface area contributed by atoms with Crippen LogP contribution in [0, 0.1) is 6.92 Å². The number of aromatic nitrogens is 3. The number of benzene rings is 2. The van der Waals surface area contributed by atoms with Gasteiger partial charge in [-0.2, -0.15) is 0 Å². The van der Waals surface area contributed by atoms with Gasteiger partial charge in [0.15, 0.2) is 0 Å². The highest BCUT2D eigenvalue weighted by atomic mass is 16.2. The number of nitrogens with one attached hydrogen (secondary N) is 1. The van der Waals surface area contributed by atoms with E-state index < -0.39 is 11.9 Å². The second-order valence-corrected chi connectivity index (χ2v) is 7.66. The molecule has 1 N–H and O–H groups in total. The molecule has 150 valence electrons. The largest absolute Gasteiger partial charge is 0.322 e. The summed E-state index contributed by atoms with van der Waals surface area (Å²) in [5.41, 5.74) is 5.06. The Morgan fingerprint density at radius 1 is 1.07 bits per heavy atom. The zero-order chi connectivity index (χ0) is 20.8. The van der Waals surface area contributed by atoms with Crippen molar-refractivity contribution in [1.29, 1.82) is 0 Å². The molecule has 0 radical (unpaired) electrons. The van der Waals surface area contributed by atoms with Crippen LogP contribution < -0.4 is 5.32 Å². The molecule has 3 heterocycles. The number of fused-ring (bicyclic) bond motifs is 1. The summed E-state index contributed by atoms with van der Waals surface area (Å²) in [5, 5.41) is 10.8. The molecule has 0 bridgehead atoms. The van der Waals surface area contributed by atoms with E-state index >= 15 is 0 Å². The topological polar surface area (TPSA) is 97.2 Å². The van der Waals surface area contributed by atoms with Crippen LogP contribution >= 0.6 is 0 Å². The monoisotopic (exact) mass is 401 g/mol. The molecule has 2 aliphatic rings. The first-order valence-electron chi connectivity index (χ1n) is 9.77. The molecule has 1 fully saturated rings. The predicted molar refractivity (Wildman–Crippen MR) is 108 cm³/mol. The fourth-order valence-corrected chi connectivity index (χ4v) is 3.95. The number of hydrogen-bond acceptors (Lipinski definition) is 5. The lowest BCUT2D eigenvalue weighted by Gasteiger charge is -2.29. The minimum Gasteiger partial charge on any atom is -0.322 e. The Labute approximate surface area is 172 Å². The highest BCUT2D eigenvalue weighted by Gasteiger charge is 2.39. The molecule has 2 aromatic carbocycles. The van der Waals surface area contributed by atoms with Crippen molar-refractivity contribution in [3.8, 4) is 16.9 Å². The number of carbonyl (C=O) groups is 3. The van der Waals surface area contributed by atoms with E-state index in [-0.39, 0.29) is 18.2 Å². The van der Waals surface area contributed by atoms with E-state index in [2.05, 4.69) is 15.6 Å². The van der Waals surface area contributed by atoms with E-state index in [1.165, 1.54) is 5.56 Å². The maximum atomic E-state index is 12.8. The van der Waals surface area contributed by atoms with E-state index in [1.807, 2.05) is 49.5 Å². The Morgan fingerprint density at radius 2 is 1.87 bits per heavy atom. The van der Waals surface area contributed by atoms with Gasteiger partial charge in [-0.05, 0) is 43.2 Å². The number of piperidine rings is 1. The van der Waals surface area contributed by atoms with E-state index in [1.54, 1.807) is 15.6 Å². The Kier molecular flexibility index (Phi) is 4.20. The summed E-state index contributed by atoms with van der Waals surface area (Å²) in [7, 11) is 0. The van der Waals surface area contributed by atoms with Gasteiger partial charge in [0.2, 0.25) is 11.8 Å². The number of rotatable bonds is 3. The van der Waals surface area contributed by atoms with Gasteiger partial charge in [-0.1, -0.05) is 29.0 Å². The molecule has 0 saturated carbocycles. The van der Waals surface area contributed by atoms with Crippen LogP contribution in [0.3, 0.4) is 0 Å². The van der Waals surface area contributed by atoms with Crippen molar-refractivity contribution < 1.29 is 14.4 Å². The highest BCUT2D eigenvalue weighted by molar-refractivity contribution is 6.05. The highest BCUT2D eigenvalue weighted by Crippen LogP contribution is 2.30. The van der Waals surface area contributed by atoms with Crippen molar-refractivity contribution in [3.05, 3.63) is 65.4 Å². The van der Waals surface area contributed by atoms with Crippen LogP contribution in [0.5, 0.6) is 0 Å². The van der Waals surface area contributed by atoms with Gasteiger partial charge >= 0.3 is 0 Å². The number of aryl methyl sites for hydroxylation is 1. The molecule has 1 unspecified atom stereocenters. The van der Waals surface area contributed by atoms with E-state index in [0.29, 0.717) is 24.2 Å². The maximum Gasteiger partial charge on any atom is 0.255 e. The molecule has 8 nitrogen and oxygen atoms in total. The second kappa shape index (κ2) is 6.91. The zero-order valence-corrected chi connectivity index (χ0v) is 16.3. The fraction of sp³-hybridized carbons (Fsp3) is 0.227. The van der Waals surface area contributed by atoms with Gasteiger partial charge in [0.05, 0.1) is 11.9 Å². The Morgan fingerprint density at radius 3 is 2.63 bits per heavy atom. The molecular formula is C22H19N5O3. The summed E-state index contributed by atoms with van der Waals surface area (Å²) >= 11 is 0. The van der Waals surface area contributed by atoms with Crippen molar-refractivity contribution >= 4 is 17.7 Å². The molecular weight excluding hydrogens is 382 g/mol. The molecule has 3 aromatic rings. The van der Waals surface area contributed by atoms with Crippen LogP contribution in [0.25, 0.3) is 16.9 Å². The summed E-state index contributed by atoms with van der Waals surface area (Å²) in [4.78, 5) is 38.0. The lowest BCUT2D eigenvalue weighted by molar-refractivity contribution is -0.136. The van der Waals surface area contributed by atoms with E-state index in [9.17, 15) is 14.4 Å². The molecule has 0 aliphatic carbocycles. The molecule has 5 rings (SSSR count). The van der Waals surface area contributed by atoms with Crippen molar-refractivity contribution in [2.45, 2.75) is 32.4 Å². The molecule has 30 heavy (non-hydrogen) atoms. The van der Waals surface area contributed by atoms with Gasteiger partial charge in [0.1, 0.15) is 11.7 Å². The summed E-state index contributed by atoms with van der Waals surface area (Å²) in [6, 6.07) is 12.9. The Bertz CT molecular complexity index is 1180. The number of hydrogen-bond donors (Lipinski definition) is 1. The van der Waals surface area contributed by atoms with Crippen LogP contribution in [0.1, 0.15) is 34.3 Å². The SMILES string of the molecule is Cc1ccc(-n2cc(-c3ccc4c(c3)CN(C3CCC(=O)NC3=O)C4=O)nn2)cc1. The summed E-state index contributed by atoms with van der Waals surface area (Å²) < 4.78 is 1.71. The van der Waals surface area contributed by atoms with Gasteiger partial charge in [0, 0.05) is 24.1 Å². The third-order valence-electron chi connectivity index (χ3n) is 5.61. The van der Waals surface area contributed by atoms with Gasteiger partial charge in [-0.3, -0.25) is 19.7 Å². The average molecular weight is 401 g/mol. The lowest BCUT2D eigenvalue weighted by Crippen LogP contribution is -2.52. The van der Waals surface area contributed by atoms with Crippen LogP contribution in [-0.4, -0.2) is 43.7 Å². The predicted octanol–water partition coefficient (Wildman–Crippen LogP) is 2.00. The van der Waals surface area contributed by atoms with Crippen molar-refractivity contribution in [2.75, 3.05) is 0 Å². The van der Waals surface area contributed by atoms with Crippen LogP contribution in [0.4, 0.5) is 0 Å². The first-order chi connectivity index (χ1) is 14.5. The molecule has 0 spiro atoms. The summed E-state index contributed by atoms with van der Waals surface area (Å²) in [5.74, 6) is -0.887. The molecule has 2 aliphatic heterocycles. The zero-order valence-electron chi connectivity index (χ0n) is 16.3. The number of nitrogens with zero attached hydrogens (tertiary/aromatic N) is 4. The number of carbonyl (C=O) groups excluding carboxylic acids is 3. The fourth-order valence-electron chi connectivity index (χ4n) is 3.95. The lowest BCUT2D eigenvalue weighted by atomic mass is 10.0. The first-order valence-corrected chi connectivity index (χ1v) is 9.77. The number of imide groups is 1. The summed E-state index contributed by atoms with van der Waals surface area (Å²) in [6.07, 6.45) is 2.44.